The highest BCUT2D eigenvalue weighted by Gasteiger charge is 2.56. The van der Waals surface area contributed by atoms with E-state index < -0.39 is 24.2 Å². The van der Waals surface area contributed by atoms with Gasteiger partial charge in [-0.2, -0.15) is 22.0 Å². The van der Waals surface area contributed by atoms with Crippen molar-refractivity contribution in [2.75, 3.05) is 9.80 Å². The zero-order valence-corrected chi connectivity index (χ0v) is 13.7. The number of halogens is 7. The molecule has 132 valence electrons. The van der Waals surface area contributed by atoms with E-state index in [-0.39, 0.29) is 31.2 Å². The summed E-state index contributed by atoms with van der Waals surface area (Å²) in [6.45, 7) is 0. The van der Waals surface area contributed by atoms with Crippen LogP contribution in [0.3, 0.4) is 0 Å². The van der Waals surface area contributed by atoms with Crippen molar-refractivity contribution >= 4 is 34.6 Å². The van der Waals surface area contributed by atoms with Crippen molar-refractivity contribution in [1.29, 1.82) is 0 Å². The van der Waals surface area contributed by atoms with Crippen LogP contribution in [0.4, 0.5) is 33.3 Å². The molecule has 25 heavy (non-hydrogen) atoms. The van der Waals surface area contributed by atoms with Gasteiger partial charge in [0, 0.05) is 21.4 Å². The first-order valence-electron chi connectivity index (χ1n) is 6.92. The minimum absolute atomic E-state index is 0.0906. The van der Waals surface area contributed by atoms with Gasteiger partial charge in [-0.05, 0) is 36.4 Å². The molecule has 0 bridgehead atoms. The average Bonchev–Trinajstić information content (AvgIpc) is 2.79. The lowest BCUT2D eigenvalue weighted by molar-refractivity contribution is -0.145. The van der Waals surface area contributed by atoms with E-state index >= 15 is 0 Å². The molecular formula is C16H9Cl2F5N2. The number of hydrogen-bond acceptors (Lipinski definition) is 2. The van der Waals surface area contributed by atoms with E-state index in [2.05, 4.69) is 0 Å². The maximum absolute atomic E-state index is 14.4. The van der Waals surface area contributed by atoms with E-state index in [9.17, 15) is 22.0 Å². The highest BCUT2D eigenvalue weighted by Crippen LogP contribution is 2.45. The molecule has 3 rings (SSSR count). The molecule has 1 heterocycles. The normalized spacial score (nSPS) is 16.1. The van der Waals surface area contributed by atoms with Crippen molar-refractivity contribution in [3.05, 3.63) is 70.5 Å². The van der Waals surface area contributed by atoms with Gasteiger partial charge in [0.15, 0.2) is 0 Å². The van der Waals surface area contributed by atoms with Crippen LogP contribution in [-0.2, 0) is 0 Å². The third-order valence-corrected chi connectivity index (χ3v) is 4.02. The second-order valence-corrected chi connectivity index (χ2v) is 6.07. The van der Waals surface area contributed by atoms with Gasteiger partial charge < -0.3 is 0 Å². The quantitative estimate of drug-likeness (QED) is 0.437. The Hall–Kier alpha value is -1.99. The first kappa shape index (κ1) is 17.8. The molecule has 0 saturated heterocycles. The van der Waals surface area contributed by atoms with Crippen LogP contribution in [0.15, 0.2) is 60.4 Å². The van der Waals surface area contributed by atoms with Crippen molar-refractivity contribution in [2.24, 2.45) is 0 Å². The Morgan fingerprint density at radius 3 is 1.48 bits per heavy atom. The zero-order valence-electron chi connectivity index (χ0n) is 12.2. The average molecular weight is 395 g/mol. The summed E-state index contributed by atoms with van der Waals surface area (Å²) < 4.78 is 69.9. The van der Waals surface area contributed by atoms with Crippen LogP contribution in [0, 0.1) is 0 Å². The first-order chi connectivity index (χ1) is 11.7. The molecule has 0 radical (unpaired) electrons. The molecule has 0 aromatic heterocycles. The van der Waals surface area contributed by atoms with Gasteiger partial charge in [0.25, 0.3) is 0 Å². The van der Waals surface area contributed by atoms with Crippen LogP contribution in [0.2, 0.25) is 10.0 Å². The first-order valence-corrected chi connectivity index (χ1v) is 7.67. The highest BCUT2D eigenvalue weighted by molar-refractivity contribution is 6.31. The molecule has 0 N–H and O–H groups in total. The SMILES string of the molecule is FC1=C(F)N(c2cccc(Cl)c2)C(C(F)(F)F)N1c1cccc(Cl)c1. The summed E-state index contributed by atoms with van der Waals surface area (Å²) in [5.41, 5.74) is -0.459. The van der Waals surface area contributed by atoms with Gasteiger partial charge in [-0.3, -0.25) is 9.80 Å². The van der Waals surface area contributed by atoms with Gasteiger partial charge >= 0.3 is 6.18 Å². The van der Waals surface area contributed by atoms with Crippen LogP contribution in [0.5, 0.6) is 0 Å². The van der Waals surface area contributed by atoms with Gasteiger partial charge in [0.1, 0.15) is 0 Å². The van der Waals surface area contributed by atoms with E-state index in [1.807, 2.05) is 0 Å². The lowest BCUT2D eigenvalue weighted by Crippen LogP contribution is -2.51. The summed E-state index contributed by atoms with van der Waals surface area (Å²) >= 11 is 11.5. The summed E-state index contributed by atoms with van der Waals surface area (Å²) in [7, 11) is 0. The van der Waals surface area contributed by atoms with Crippen molar-refractivity contribution in [2.45, 2.75) is 12.3 Å². The Morgan fingerprint density at radius 1 is 0.760 bits per heavy atom. The number of nitrogens with zero attached hydrogens (tertiary/aromatic N) is 2. The smallest absolute Gasteiger partial charge is 0.284 e. The van der Waals surface area contributed by atoms with Gasteiger partial charge in [-0.15, -0.1) is 0 Å². The predicted octanol–water partition coefficient (Wildman–Crippen LogP) is 6.27. The monoisotopic (exact) mass is 394 g/mol. The fourth-order valence-corrected chi connectivity index (χ4v) is 2.95. The molecule has 0 aliphatic carbocycles. The van der Waals surface area contributed by atoms with Crippen LogP contribution in [-0.4, -0.2) is 12.3 Å². The molecule has 0 atom stereocenters. The van der Waals surface area contributed by atoms with Crippen LogP contribution < -0.4 is 9.80 Å². The molecule has 0 fully saturated rings. The topological polar surface area (TPSA) is 6.48 Å². The fraction of sp³-hybridized carbons (Fsp3) is 0.125. The number of rotatable bonds is 2. The van der Waals surface area contributed by atoms with E-state index in [4.69, 9.17) is 23.2 Å². The molecule has 0 unspecified atom stereocenters. The Labute approximate surface area is 149 Å². The molecule has 2 nitrogen and oxygen atoms in total. The summed E-state index contributed by atoms with van der Waals surface area (Å²) in [5.74, 6) is -3.32. The summed E-state index contributed by atoms with van der Waals surface area (Å²) in [4.78, 5) is 0.421. The van der Waals surface area contributed by atoms with Crippen LogP contribution in [0.1, 0.15) is 0 Å². The van der Waals surface area contributed by atoms with Crippen molar-refractivity contribution in [3.63, 3.8) is 0 Å². The molecular weight excluding hydrogens is 386 g/mol. The number of alkyl halides is 3. The molecule has 9 heteroatoms. The van der Waals surface area contributed by atoms with E-state index in [0.717, 1.165) is 12.1 Å². The van der Waals surface area contributed by atoms with E-state index in [1.54, 1.807) is 0 Å². The second-order valence-electron chi connectivity index (χ2n) is 5.20. The Balaban J connectivity index is 2.17. The summed E-state index contributed by atoms with van der Waals surface area (Å²) in [6, 6.07) is 10.2. The molecule has 0 saturated carbocycles. The van der Waals surface area contributed by atoms with Gasteiger partial charge in [-0.1, -0.05) is 35.3 Å². The third-order valence-electron chi connectivity index (χ3n) is 3.55. The maximum Gasteiger partial charge on any atom is 0.428 e. The number of benzene rings is 2. The fourth-order valence-electron chi connectivity index (χ4n) is 2.58. The number of hydrogen-bond donors (Lipinski definition) is 0. The Morgan fingerprint density at radius 2 is 1.16 bits per heavy atom. The van der Waals surface area contributed by atoms with Crippen molar-refractivity contribution in [3.8, 4) is 0 Å². The van der Waals surface area contributed by atoms with E-state index in [1.165, 1.54) is 36.4 Å². The van der Waals surface area contributed by atoms with Crippen LogP contribution >= 0.6 is 23.2 Å². The van der Waals surface area contributed by atoms with Crippen LogP contribution in [0.25, 0.3) is 0 Å². The number of anilines is 2. The van der Waals surface area contributed by atoms with E-state index in [0.29, 0.717) is 0 Å². The molecule has 1 aliphatic heterocycles. The summed E-state index contributed by atoms with van der Waals surface area (Å²) in [5, 5.41) is 0.181. The lowest BCUT2D eigenvalue weighted by Gasteiger charge is -2.33. The summed E-state index contributed by atoms with van der Waals surface area (Å²) in [6.07, 6.45) is -7.60. The highest BCUT2D eigenvalue weighted by atomic mass is 35.5. The molecule has 2 aromatic carbocycles. The Kier molecular flexibility index (Phi) is 4.55. The minimum atomic E-state index is -4.98. The predicted molar refractivity (Wildman–Crippen MR) is 86.9 cm³/mol. The van der Waals surface area contributed by atoms with Gasteiger partial charge in [0.2, 0.25) is 18.1 Å². The maximum atomic E-state index is 14.4. The standard InChI is InChI=1S/C16H9Cl2F5N2/c17-9-3-1-5-11(7-9)24-13(19)14(20)25(15(24)16(21,22)23)12-6-2-4-10(18)8-12/h1-8,15H. The molecule has 0 spiro atoms. The third kappa shape index (κ3) is 3.26. The van der Waals surface area contributed by atoms with Gasteiger partial charge in [-0.25, -0.2) is 0 Å². The largest absolute Gasteiger partial charge is 0.428 e. The second kappa shape index (κ2) is 6.38. The molecule has 0 amide bonds. The lowest BCUT2D eigenvalue weighted by atomic mass is 10.2. The molecule has 2 aromatic rings. The molecule has 1 aliphatic rings. The van der Waals surface area contributed by atoms with Gasteiger partial charge in [0.05, 0.1) is 0 Å². The van der Waals surface area contributed by atoms with Crippen molar-refractivity contribution < 1.29 is 22.0 Å². The zero-order chi connectivity index (χ0) is 18.4. The minimum Gasteiger partial charge on any atom is -0.284 e. The van der Waals surface area contributed by atoms with Crippen molar-refractivity contribution in [1.82, 2.24) is 0 Å². The Bertz CT molecular complexity index is 776.